The number of carbonyl (C=O) groups excluding carboxylic acids is 1. The van der Waals surface area contributed by atoms with E-state index in [1.807, 2.05) is 4.90 Å². The second kappa shape index (κ2) is 8.79. The third-order valence-electron chi connectivity index (χ3n) is 3.61. The monoisotopic (exact) mass is 259 g/mol. The van der Waals surface area contributed by atoms with Gasteiger partial charge in [0.25, 0.3) is 0 Å². The summed E-state index contributed by atoms with van der Waals surface area (Å²) in [7, 11) is 0. The lowest BCUT2D eigenvalue weighted by molar-refractivity contribution is -0.136. The van der Waals surface area contributed by atoms with Gasteiger partial charge in [-0.1, -0.05) is 39.0 Å². The van der Waals surface area contributed by atoms with Gasteiger partial charge in [-0.2, -0.15) is 0 Å². The van der Waals surface area contributed by atoms with Crippen molar-refractivity contribution in [1.82, 2.24) is 4.90 Å². The van der Waals surface area contributed by atoms with Crippen LogP contribution in [0.4, 0.5) is 0 Å². The van der Waals surface area contributed by atoms with E-state index in [4.69, 9.17) is 11.6 Å². The molecule has 0 spiro atoms. The molecule has 0 atom stereocenters. The summed E-state index contributed by atoms with van der Waals surface area (Å²) in [6.45, 7) is 3.69. The van der Waals surface area contributed by atoms with Crippen LogP contribution in [0.15, 0.2) is 0 Å². The SMILES string of the molecule is CCCN(CCCl)C(=O)C1CCCCCCC1. The quantitative estimate of drug-likeness (QED) is 0.688. The fraction of sp³-hybridized carbons (Fsp3) is 0.929. The van der Waals surface area contributed by atoms with Crippen LogP contribution in [0.5, 0.6) is 0 Å². The Balaban J connectivity index is 2.50. The van der Waals surface area contributed by atoms with Crippen molar-refractivity contribution in [3.63, 3.8) is 0 Å². The molecule has 0 aliphatic heterocycles. The van der Waals surface area contributed by atoms with E-state index in [9.17, 15) is 4.79 Å². The molecule has 0 saturated heterocycles. The van der Waals surface area contributed by atoms with Crippen molar-refractivity contribution < 1.29 is 4.79 Å². The summed E-state index contributed by atoms with van der Waals surface area (Å²) in [6, 6.07) is 0. The first-order valence-electron chi connectivity index (χ1n) is 7.14. The van der Waals surface area contributed by atoms with Gasteiger partial charge in [0.2, 0.25) is 5.91 Å². The predicted octanol–water partition coefficient (Wildman–Crippen LogP) is 3.82. The highest BCUT2D eigenvalue weighted by atomic mass is 35.5. The Kier molecular flexibility index (Phi) is 7.67. The number of amides is 1. The van der Waals surface area contributed by atoms with E-state index in [1.165, 1.54) is 32.1 Å². The molecule has 1 amide bonds. The number of hydrogen-bond acceptors (Lipinski definition) is 1. The van der Waals surface area contributed by atoms with Gasteiger partial charge in [0.05, 0.1) is 0 Å². The summed E-state index contributed by atoms with van der Waals surface area (Å²) in [5.41, 5.74) is 0. The average Bonchev–Trinajstić information content (AvgIpc) is 2.27. The maximum absolute atomic E-state index is 12.4. The van der Waals surface area contributed by atoms with Gasteiger partial charge in [-0.3, -0.25) is 4.79 Å². The molecule has 3 heteroatoms. The summed E-state index contributed by atoms with van der Waals surface area (Å²) < 4.78 is 0. The number of halogens is 1. The normalized spacial score (nSPS) is 18.5. The molecule has 0 N–H and O–H groups in total. The maximum atomic E-state index is 12.4. The molecule has 1 rings (SSSR count). The topological polar surface area (TPSA) is 20.3 Å². The van der Waals surface area contributed by atoms with Crippen molar-refractivity contribution in [3.05, 3.63) is 0 Å². The predicted molar refractivity (Wildman–Crippen MR) is 73.4 cm³/mol. The van der Waals surface area contributed by atoms with E-state index < -0.39 is 0 Å². The van der Waals surface area contributed by atoms with Crippen molar-refractivity contribution in [1.29, 1.82) is 0 Å². The average molecular weight is 260 g/mol. The Morgan fingerprint density at radius 1 is 1.12 bits per heavy atom. The third kappa shape index (κ3) is 5.29. The molecule has 17 heavy (non-hydrogen) atoms. The highest BCUT2D eigenvalue weighted by Crippen LogP contribution is 2.24. The minimum atomic E-state index is 0.269. The molecule has 0 aromatic carbocycles. The lowest BCUT2D eigenvalue weighted by Gasteiger charge is -2.27. The zero-order valence-electron chi connectivity index (χ0n) is 11.1. The Hall–Kier alpha value is -0.240. The summed E-state index contributed by atoms with van der Waals surface area (Å²) in [6.07, 6.45) is 9.58. The number of hydrogen-bond donors (Lipinski definition) is 0. The van der Waals surface area contributed by atoms with Crippen LogP contribution < -0.4 is 0 Å². The van der Waals surface area contributed by atoms with Crippen LogP contribution in [0.3, 0.4) is 0 Å². The first-order chi connectivity index (χ1) is 8.29. The number of rotatable bonds is 5. The number of nitrogens with zero attached hydrogens (tertiary/aromatic N) is 1. The molecule has 0 aromatic rings. The Bertz CT molecular complexity index is 206. The zero-order valence-corrected chi connectivity index (χ0v) is 11.8. The minimum absolute atomic E-state index is 0.269. The standard InChI is InChI=1S/C14H26ClNO/c1-2-11-16(12-10-15)14(17)13-8-6-4-3-5-7-9-13/h13H,2-12H2,1H3. The van der Waals surface area contributed by atoms with Crippen LogP contribution in [-0.4, -0.2) is 29.8 Å². The smallest absolute Gasteiger partial charge is 0.225 e. The molecule has 0 aromatic heterocycles. The van der Waals surface area contributed by atoms with Crippen LogP contribution in [0, 0.1) is 5.92 Å². The molecule has 1 aliphatic rings. The summed E-state index contributed by atoms with van der Waals surface area (Å²) >= 11 is 5.78. The van der Waals surface area contributed by atoms with E-state index in [-0.39, 0.29) is 5.92 Å². The Labute approximate surface area is 111 Å². The Morgan fingerprint density at radius 2 is 1.71 bits per heavy atom. The molecule has 0 bridgehead atoms. The first kappa shape index (κ1) is 14.8. The lowest BCUT2D eigenvalue weighted by Crippen LogP contribution is -2.38. The largest absolute Gasteiger partial charge is 0.341 e. The summed E-state index contributed by atoms with van der Waals surface area (Å²) in [4.78, 5) is 14.4. The van der Waals surface area contributed by atoms with Gasteiger partial charge >= 0.3 is 0 Å². The second-order valence-electron chi connectivity index (χ2n) is 5.06. The second-order valence-corrected chi connectivity index (χ2v) is 5.43. The summed E-state index contributed by atoms with van der Waals surface area (Å²) in [5, 5.41) is 0. The highest BCUT2D eigenvalue weighted by Gasteiger charge is 2.23. The van der Waals surface area contributed by atoms with Crippen molar-refractivity contribution >= 4 is 17.5 Å². The molecule has 0 unspecified atom stereocenters. The fourth-order valence-electron chi connectivity index (χ4n) is 2.67. The molecular formula is C14H26ClNO. The van der Waals surface area contributed by atoms with Crippen molar-refractivity contribution in [2.45, 2.75) is 58.3 Å². The van der Waals surface area contributed by atoms with Crippen molar-refractivity contribution in [2.24, 2.45) is 5.92 Å². The van der Waals surface area contributed by atoms with Crippen LogP contribution in [-0.2, 0) is 4.79 Å². The van der Waals surface area contributed by atoms with Crippen LogP contribution in [0.25, 0.3) is 0 Å². The molecular weight excluding hydrogens is 234 g/mol. The lowest BCUT2D eigenvalue weighted by atomic mass is 9.90. The molecule has 0 radical (unpaired) electrons. The first-order valence-corrected chi connectivity index (χ1v) is 7.67. The minimum Gasteiger partial charge on any atom is -0.341 e. The summed E-state index contributed by atoms with van der Waals surface area (Å²) in [5.74, 6) is 1.18. The number of alkyl halides is 1. The van der Waals surface area contributed by atoms with E-state index in [1.54, 1.807) is 0 Å². The van der Waals surface area contributed by atoms with Gasteiger partial charge in [0.15, 0.2) is 0 Å². The molecule has 1 aliphatic carbocycles. The van der Waals surface area contributed by atoms with Gasteiger partial charge in [0, 0.05) is 24.9 Å². The van der Waals surface area contributed by atoms with Crippen molar-refractivity contribution in [2.75, 3.05) is 19.0 Å². The molecule has 1 fully saturated rings. The van der Waals surface area contributed by atoms with E-state index in [0.717, 1.165) is 25.8 Å². The van der Waals surface area contributed by atoms with Gasteiger partial charge < -0.3 is 4.90 Å². The van der Waals surface area contributed by atoms with Gasteiger partial charge in [-0.25, -0.2) is 0 Å². The zero-order chi connectivity index (χ0) is 12.5. The number of carbonyl (C=O) groups is 1. The Morgan fingerprint density at radius 3 is 2.24 bits per heavy atom. The van der Waals surface area contributed by atoms with Gasteiger partial charge in [0.1, 0.15) is 0 Å². The van der Waals surface area contributed by atoms with Gasteiger partial charge in [-0.05, 0) is 19.3 Å². The van der Waals surface area contributed by atoms with Crippen molar-refractivity contribution in [3.8, 4) is 0 Å². The highest BCUT2D eigenvalue weighted by molar-refractivity contribution is 6.18. The van der Waals surface area contributed by atoms with E-state index in [2.05, 4.69) is 6.92 Å². The molecule has 2 nitrogen and oxygen atoms in total. The molecule has 100 valence electrons. The van der Waals surface area contributed by atoms with Crippen LogP contribution in [0.2, 0.25) is 0 Å². The van der Waals surface area contributed by atoms with Crippen LogP contribution in [0.1, 0.15) is 58.3 Å². The maximum Gasteiger partial charge on any atom is 0.225 e. The fourth-order valence-corrected chi connectivity index (χ4v) is 2.87. The molecule has 0 heterocycles. The molecule has 1 saturated carbocycles. The third-order valence-corrected chi connectivity index (χ3v) is 3.78. The van der Waals surface area contributed by atoms with Crippen LogP contribution >= 0.6 is 11.6 Å². The van der Waals surface area contributed by atoms with E-state index in [0.29, 0.717) is 18.3 Å². The van der Waals surface area contributed by atoms with E-state index >= 15 is 0 Å². The van der Waals surface area contributed by atoms with Gasteiger partial charge in [-0.15, -0.1) is 11.6 Å².